The number of ether oxygens (including phenoxy) is 1. The van der Waals surface area contributed by atoms with Crippen molar-refractivity contribution in [2.75, 3.05) is 6.54 Å². The Bertz CT molecular complexity index is 995. The van der Waals surface area contributed by atoms with Gasteiger partial charge in [0.05, 0.1) is 6.42 Å². The van der Waals surface area contributed by atoms with Crippen LogP contribution in [0.1, 0.15) is 23.7 Å². The molecule has 0 radical (unpaired) electrons. The molecule has 0 saturated heterocycles. The lowest BCUT2D eigenvalue weighted by atomic mass is 9.99. The Labute approximate surface area is 156 Å². The van der Waals surface area contributed by atoms with Crippen LogP contribution in [0.3, 0.4) is 0 Å². The average Bonchev–Trinajstić information content (AvgIpc) is 3.09. The number of para-hydroxylation sites is 1. The number of amides is 1. The third kappa shape index (κ3) is 3.56. The average molecular weight is 364 g/mol. The number of carbonyl (C=O) groups excluding carboxylic acids is 2. The van der Waals surface area contributed by atoms with Crippen molar-refractivity contribution in [3.8, 4) is 0 Å². The lowest BCUT2D eigenvalue weighted by Crippen LogP contribution is -2.42. The number of aromatic nitrogens is 1. The van der Waals surface area contributed by atoms with E-state index in [1.54, 1.807) is 17.9 Å². The van der Waals surface area contributed by atoms with Crippen LogP contribution in [0, 0.1) is 0 Å². The van der Waals surface area contributed by atoms with Gasteiger partial charge >= 0.3 is 5.97 Å². The van der Waals surface area contributed by atoms with E-state index >= 15 is 0 Å². The number of esters is 1. The van der Waals surface area contributed by atoms with Crippen LogP contribution in [0.4, 0.5) is 0 Å². The highest BCUT2D eigenvalue weighted by Gasteiger charge is 2.27. The standard InChI is InChI=1S/C21H20N2O4/c1-14(21(25)23-11-10-15-6-2-3-7-16(15)13-23)26-20(24)12-18-17-8-4-5-9-19(17)27-22-18/h2-9,14H,10-13H2,1H3/t14-/m0/s1. The molecule has 27 heavy (non-hydrogen) atoms. The second-order valence-electron chi connectivity index (χ2n) is 6.71. The summed E-state index contributed by atoms with van der Waals surface area (Å²) in [6.07, 6.45) is -0.0498. The smallest absolute Gasteiger partial charge is 0.312 e. The summed E-state index contributed by atoms with van der Waals surface area (Å²) in [5, 5.41) is 4.71. The number of fused-ring (bicyclic) bond motifs is 2. The molecule has 0 fully saturated rings. The van der Waals surface area contributed by atoms with Gasteiger partial charge in [0.25, 0.3) is 5.91 Å². The molecule has 2 heterocycles. The largest absolute Gasteiger partial charge is 0.452 e. The lowest BCUT2D eigenvalue weighted by Gasteiger charge is -2.30. The molecule has 1 aliphatic rings. The van der Waals surface area contributed by atoms with Gasteiger partial charge in [0.1, 0.15) is 5.69 Å². The molecule has 6 nitrogen and oxygen atoms in total. The zero-order chi connectivity index (χ0) is 18.8. The van der Waals surface area contributed by atoms with Gasteiger partial charge in [-0.15, -0.1) is 0 Å². The Balaban J connectivity index is 1.38. The third-order valence-electron chi connectivity index (χ3n) is 4.86. The highest BCUT2D eigenvalue weighted by atomic mass is 16.5. The first kappa shape index (κ1) is 17.3. The van der Waals surface area contributed by atoms with Gasteiger partial charge in [-0.1, -0.05) is 41.6 Å². The molecule has 4 rings (SSSR count). The number of hydrogen-bond acceptors (Lipinski definition) is 5. The summed E-state index contributed by atoms with van der Waals surface area (Å²) >= 11 is 0. The van der Waals surface area contributed by atoms with Crippen molar-refractivity contribution in [1.29, 1.82) is 0 Å². The molecule has 6 heteroatoms. The van der Waals surface area contributed by atoms with Gasteiger partial charge in [-0.3, -0.25) is 9.59 Å². The summed E-state index contributed by atoms with van der Waals surface area (Å²) in [6, 6.07) is 15.4. The van der Waals surface area contributed by atoms with E-state index in [0.717, 1.165) is 17.4 Å². The molecular formula is C21H20N2O4. The molecule has 0 aliphatic carbocycles. The van der Waals surface area contributed by atoms with Crippen molar-refractivity contribution in [1.82, 2.24) is 10.1 Å². The highest BCUT2D eigenvalue weighted by Crippen LogP contribution is 2.21. The van der Waals surface area contributed by atoms with Gasteiger partial charge in [0, 0.05) is 18.5 Å². The minimum Gasteiger partial charge on any atom is -0.452 e. The predicted octanol–water partition coefficient (Wildman–Crippen LogP) is 2.89. The second kappa shape index (κ2) is 7.23. The van der Waals surface area contributed by atoms with Gasteiger partial charge in [0.15, 0.2) is 11.7 Å². The number of benzene rings is 2. The molecular weight excluding hydrogens is 344 g/mol. The van der Waals surface area contributed by atoms with Crippen molar-refractivity contribution in [2.45, 2.75) is 32.4 Å². The number of nitrogens with zero attached hydrogens (tertiary/aromatic N) is 2. The van der Waals surface area contributed by atoms with E-state index < -0.39 is 12.1 Å². The zero-order valence-corrected chi connectivity index (χ0v) is 15.1. The van der Waals surface area contributed by atoms with Crippen LogP contribution in [-0.4, -0.2) is 34.6 Å². The fourth-order valence-corrected chi connectivity index (χ4v) is 3.43. The zero-order valence-electron chi connectivity index (χ0n) is 15.1. The van der Waals surface area contributed by atoms with Crippen molar-refractivity contribution in [2.24, 2.45) is 0 Å². The Morgan fingerprint density at radius 3 is 2.74 bits per heavy atom. The maximum absolute atomic E-state index is 12.7. The minimum atomic E-state index is -0.832. The summed E-state index contributed by atoms with van der Waals surface area (Å²) in [7, 11) is 0. The SMILES string of the molecule is C[C@H](OC(=O)Cc1noc2ccccc12)C(=O)N1CCc2ccccc2C1. The molecule has 0 unspecified atom stereocenters. The Morgan fingerprint density at radius 1 is 1.15 bits per heavy atom. The Kier molecular flexibility index (Phi) is 4.62. The van der Waals surface area contributed by atoms with Crippen LogP contribution < -0.4 is 0 Å². The van der Waals surface area contributed by atoms with Crippen LogP contribution in [-0.2, 0) is 33.7 Å². The fourth-order valence-electron chi connectivity index (χ4n) is 3.43. The van der Waals surface area contributed by atoms with E-state index in [1.165, 1.54) is 5.56 Å². The Morgan fingerprint density at radius 2 is 1.89 bits per heavy atom. The van der Waals surface area contributed by atoms with E-state index in [2.05, 4.69) is 11.2 Å². The quantitative estimate of drug-likeness (QED) is 0.666. The van der Waals surface area contributed by atoms with E-state index in [4.69, 9.17) is 9.26 Å². The molecule has 1 amide bonds. The van der Waals surface area contributed by atoms with Gasteiger partial charge in [0.2, 0.25) is 0 Å². The van der Waals surface area contributed by atoms with E-state index in [1.807, 2.05) is 36.4 Å². The molecule has 3 aromatic rings. The van der Waals surface area contributed by atoms with E-state index in [9.17, 15) is 9.59 Å². The molecule has 0 N–H and O–H groups in total. The number of hydrogen-bond donors (Lipinski definition) is 0. The number of carbonyl (C=O) groups is 2. The predicted molar refractivity (Wildman–Crippen MR) is 98.8 cm³/mol. The van der Waals surface area contributed by atoms with Crippen molar-refractivity contribution >= 4 is 22.8 Å². The first-order valence-electron chi connectivity index (χ1n) is 9.00. The monoisotopic (exact) mass is 364 g/mol. The first-order chi connectivity index (χ1) is 13.1. The highest BCUT2D eigenvalue weighted by molar-refractivity contribution is 5.86. The van der Waals surface area contributed by atoms with Gasteiger partial charge in [-0.05, 0) is 36.6 Å². The lowest BCUT2D eigenvalue weighted by molar-refractivity contribution is -0.159. The summed E-state index contributed by atoms with van der Waals surface area (Å²) in [6.45, 7) is 2.79. The van der Waals surface area contributed by atoms with E-state index in [0.29, 0.717) is 24.4 Å². The molecule has 1 atom stereocenters. The van der Waals surface area contributed by atoms with Gasteiger partial charge < -0.3 is 14.2 Å². The summed E-state index contributed by atoms with van der Waals surface area (Å²) in [5.41, 5.74) is 3.55. The van der Waals surface area contributed by atoms with Crippen molar-refractivity contribution in [3.05, 3.63) is 65.4 Å². The molecule has 1 aromatic heterocycles. The van der Waals surface area contributed by atoms with E-state index in [-0.39, 0.29) is 12.3 Å². The minimum absolute atomic E-state index is 0.0303. The maximum atomic E-state index is 12.7. The topological polar surface area (TPSA) is 72.6 Å². The van der Waals surface area contributed by atoms with Crippen molar-refractivity contribution in [3.63, 3.8) is 0 Å². The van der Waals surface area contributed by atoms with Gasteiger partial charge in [-0.25, -0.2) is 0 Å². The molecule has 1 aliphatic heterocycles. The molecule has 138 valence electrons. The Hall–Kier alpha value is -3.15. The summed E-state index contributed by atoms with van der Waals surface area (Å²) in [4.78, 5) is 26.7. The second-order valence-corrected chi connectivity index (χ2v) is 6.71. The molecule has 0 saturated carbocycles. The number of rotatable bonds is 4. The van der Waals surface area contributed by atoms with Crippen LogP contribution in [0.2, 0.25) is 0 Å². The van der Waals surface area contributed by atoms with Crippen LogP contribution in [0.5, 0.6) is 0 Å². The van der Waals surface area contributed by atoms with Crippen LogP contribution in [0.25, 0.3) is 11.0 Å². The van der Waals surface area contributed by atoms with Crippen molar-refractivity contribution < 1.29 is 18.8 Å². The summed E-state index contributed by atoms with van der Waals surface area (Å²) in [5.74, 6) is -0.671. The van der Waals surface area contributed by atoms with Crippen LogP contribution in [0.15, 0.2) is 53.1 Å². The first-order valence-corrected chi connectivity index (χ1v) is 9.00. The third-order valence-corrected chi connectivity index (χ3v) is 4.86. The fraction of sp³-hybridized carbons (Fsp3) is 0.286. The molecule has 2 aromatic carbocycles. The van der Waals surface area contributed by atoms with Crippen LogP contribution >= 0.6 is 0 Å². The normalized spacial score (nSPS) is 14.6. The molecule has 0 spiro atoms. The maximum Gasteiger partial charge on any atom is 0.312 e. The molecule has 0 bridgehead atoms. The van der Waals surface area contributed by atoms with Gasteiger partial charge in [-0.2, -0.15) is 0 Å². The summed E-state index contributed by atoms with van der Waals surface area (Å²) < 4.78 is 10.6.